The summed E-state index contributed by atoms with van der Waals surface area (Å²) >= 11 is 5.52. The molecule has 0 amide bonds. The maximum Gasteiger partial charge on any atom is 0.214 e. The minimum atomic E-state index is -3.04. The van der Waals surface area contributed by atoms with Gasteiger partial charge in [-0.25, -0.2) is 12.7 Å². The third kappa shape index (κ3) is 4.29. The van der Waals surface area contributed by atoms with Crippen LogP contribution in [0.5, 0.6) is 0 Å². The van der Waals surface area contributed by atoms with Gasteiger partial charge in [0.2, 0.25) is 10.0 Å². The van der Waals surface area contributed by atoms with Crippen LogP contribution in [0.2, 0.25) is 0 Å². The number of hydrogen-bond donors (Lipinski definition) is 0. The molecular weight excluding hydrogens is 234 g/mol. The minimum absolute atomic E-state index is 0.199. The number of halogens is 1. The first kappa shape index (κ1) is 13.3. The van der Waals surface area contributed by atoms with Crippen molar-refractivity contribution in [1.29, 1.82) is 0 Å². The zero-order valence-electron chi connectivity index (χ0n) is 9.28. The predicted octanol–water partition coefficient (Wildman–Crippen LogP) is 2.07. The molecule has 15 heavy (non-hydrogen) atoms. The van der Waals surface area contributed by atoms with Gasteiger partial charge >= 0.3 is 0 Å². The summed E-state index contributed by atoms with van der Waals surface area (Å²) in [4.78, 5) is 0. The van der Waals surface area contributed by atoms with Crippen LogP contribution >= 0.6 is 11.6 Å². The maximum absolute atomic E-state index is 11.9. The van der Waals surface area contributed by atoms with Gasteiger partial charge in [-0.2, -0.15) is 0 Å². The summed E-state index contributed by atoms with van der Waals surface area (Å²) in [5.41, 5.74) is 0. The van der Waals surface area contributed by atoms with Gasteiger partial charge in [-0.15, -0.1) is 11.6 Å². The van der Waals surface area contributed by atoms with Gasteiger partial charge in [-0.05, 0) is 31.6 Å². The van der Waals surface area contributed by atoms with Crippen molar-refractivity contribution in [3.8, 4) is 0 Å². The van der Waals surface area contributed by atoms with E-state index in [0.29, 0.717) is 31.3 Å². The van der Waals surface area contributed by atoms with Crippen molar-refractivity contribution in [2.24, 2.45) is 5.92 Å². The fourth-order valence-corrected chi connectivity index (χ4v) is 3.73. The molecule has 3 nitrogen and oxygen atoms in total. The summed E-state index contributed by atoms with van der Waals surface area (Å²) in [5, 5.41) is 0. The highest BCUT2D eigenvalue weighted by Gasteiger charge is 2.23. The Hall–Kier alpha value is 0.200. The molecule has 0 bridgehead atoms. The van der Waals surface area contributed by atoms with Crippen LogP contribution in [0.4, 0.5) is 0 Å². The van der Waals surface area contributed by atoms with E-state index in [4.69, 9.17) is 11.6 Å². The first-order chi connectivity index (χ1) is 7.06. The smallest absolute Gasteiger partial charge is 0.212 e. The third-order valence-corrected chi connectivity index (χ3v) is 5.13. The molecule has 0 spiro atoms. The van der Waals surface area contributed by atoms with E-state index >= 15 is 0 Å². The van der Waals surface area contributed by atoms with Gasteiger partial charge in [0.05, 0.1) is 5.75 Å². The molecule has 1 fully saturated rings. The molecule has 5 heteroatoms. The molecule has 1 unspecified atom stereocenters. The molecule has 0 aromatic heterocycles. The second kappa shape index (κ2) is 6.06. The fraction of sp³-hybridized carbons (Fsp3) is 1.00. The average Bonchev–Trinajstić information content (AvgIpc) is 2.40. The van der Waals surface area contributed by atoms with Gasteiger partial charge in [0.15, 0.2) is 0 Å². The Morgan fingerprint density at radius 2 is 2.07 bits per heavy atom. The van der Waals surface area contributed by atoms with Gasteiger partial charge in [0, 0.05) is 19.0 Å². The van der Waals surface area contributed by atoms with E-state index in [2.05, 4.69) is 6.92 Å². The van der Waals surface area contributed by atoms with Crippen LogP contribution in [0.25, 0.3) is 0 Å². The van der Waals surface area contributed by atoms with Crippen LogP contribution in [0.15, 0.2) is 0 Å². The van der Waals surface area contributed by atoms with Crippen molar-refractivity contribution < 1.29 is 8.42 Å². The highest BCUT2D eigenvalue weighted by atomic mass is 35.5. The molecule has 0 aromatic rings. The van der Waals surface area contributed by atoms with Gasteiger partial charge in [-0.3, -0.25) is 0 Å². The topological polar surface area (TPSA) is 37.4 Å². The molecule has 1 atom stereocenters. The summed E-state index contributed by atoms with van der Waals surface area (Å²) in [6.07, 6.45) is 3.67. The zero-order chi connectivity index (χ0) is 11.3. The van der Waals surface area contributed by atoms with E-state index < -0.39 is 10.0 Å². The SMILES string of the molecule is CC1CCCN(S(=O)(=O)CCCCl)CC1. The summed E-state index contributed by atoms with van der Waals surface area (Å²) in [6, 6.07) is 0. The molecule has 1 aliphatic heterocycles. The first-order valence-corrected chi connectivity index (χ1v) is 7.74. The van der Waals surface area contributed by atoms with Gasteiger partial charge in [0.25, 0.3) is 0 Å². The number of nitrogens with zero attached hydrogens (tertiary/aromatic N) is 1. The molecule has 0 aromatic carbocycles. The van der Waals surface area contributed by atoms with Crippen LogP contribution in [0, 0.1) is 5.92 Å². The molecule has 1 aliphatic rings. The molecule has 1 heterocycles. The van der Waals surface area contributed by atoms with Crippen molar-refractivity contribution in [2.45, 2.75) is 32.6 Å². The lowest BCUT2D eigenvalue weighted by atomic mass is 10.0. The van der Waals surface area contributed by atoms with Crippen LogP contribution < -0.4 is 0 Å². The Kier molecular flexibility index (Phi) is 5.36. The molecule has 90 valence electrons. The lowest BCUT2D eigenvalue weighted by Gasteiger charge is -2.19. The van der Waals surface area contributed by atoms with Crippen LogP contribution in [-0.4, -0.2) is 37.4 Å². The summed E-state index contributed by atoms with van der Waals surface area (Å²) in [6.45, 7) is 3.57. The molecule has 0 N–H and O–H groups in total. The van der Waals surface area contributed by atoms with E-state index in [1.54, 1.807) is 4.31 Å². The Labute approximate surface area is 97.8 Å². The lowest BCUT2D eigenvalue weighted by molar-refractivity contribution is 0.416. The summed E-state index contributed by atoms with van der Waals surface area (Å²) in [7, 11) is -3.04. The quantitative estimate of drug-likeness (QED) is 0.720. The Bertz CT molecular complexity index is 279. The van der Waals surface area contributed by atoms with Crippen molar-refractivity contribution in [1.82, 2.24) is 4.31 Å². The zero-order valence-corrected chi connectivity index (χ0v) is 10.9. The number of alkyl halides is 1. The molecule has 0 saturated carbocycles. The minimum Gasteiger partial charge on any atom is -0.212 e. The normalized spacial score (nSPS) is 25.1. The van der Waals surface area contributed by atoms with E-state index in [-0.39, 0.29) is 5.75 Å². The van der Waals surface area contributed by atoms with Crippen LogP contribution in [0.1, 0.15) is 32.6 Å². The van der Waals surface area contributed by atoms with Crippen molar-refractivity contribution in [3.63, 3.8) is 0 Å². The lowest BCUT2D eigenvalue weighted by Crippen LogP contribution is -2.34. The van der Waals surface area contributed by atoms with E-state index in [1.165, 1.54) is 0 Å². The molecule has 1 saturated heterocycles. The van der Waals surface area contributed by atoms with Crippen molar-refractivity contribution >= 4 is 21.6 Å². The fourth-order valence-electron chi connectivity index (χ4n) is 1.88. The Morgan fingerprint density at radius 1 is 1.33 bits per heavy atom. The van der Waals surface area contributed by atoms with Gasteiger partial charge in [-0.1, -0.05) is 6.92 Å². The van der Waals surface area contributed by atoms with Crippen LogP contribution in [-0.2, 0) is 10.0 Å². The van der Waals surface area contributed by atoms with E-state index in [9.17, 15) is 8.42 Å². The highest BCUT2D eigenvalue weighted by Crippen LogP contribution is 2.19. The number of rotatable bonds is 4. The molecule has 0 radical (unpaired) electrons. The highest BCUT2D eigenvalue weighted by molar-refractivity contribution is 7.89. The van der Waals surface area contributed by atoms with Crippen molar-refractivity contribution in [2.75, 3.05) is 24.7 Å². The summed E-state index contributed by atoms with van der Waals surface area (Å²) < 4.78 is 25.4. The van der Waals surface area contributed by atoms with E-state index in [0.717, 1.165) is 19.3 Å². The molecule has 0 aliphatic carbocycles. The average molecular weight is 254 g/mol. The van der Waals surface area contributed by atoms with Crippen molar-refractivity contribution in [3.05, 3.63) is 0 Å². The first-order valence-electron chi connectivity index (χ1n) is 5.60. The second-order valence-corrected chi connectivity index (χ2v) is 6.76. The third-order valence-electron chi connectivity index (χ3n) is 2.91. The second-order valence-electron chi connectivity index (χ2n) is 4.29. The number of sulfonamides is 1. The van der Waals surface area contributed by atoms with Crippen LogP contribution in [0.3, 0.4) is 0 Å². The Balaban J connectivity index is 2.54. The summed E-state index contributed by atoms with van der Waals surface area (Å²) in [5.74, 6) is 1.27. The molecular formula is C10H20ClNO2S. The van der Waals surface area contributed by atoms with Gasteiger partial charge in [0.1, 0.15) is 0 Å². The van der Waals surface area contributed by atoms with E-state index in [1.807, 2.05) is 0 Å². The maximum atomic E-state index is 11.9. The standard InChI is InChI=1S/C10H20ClNO2S/c1-10-4-2-7-12(8-5-10)15(13,14)9-3-6-11/h10H,2-9H2,1H3. The largest absolute Gasteiger partial charge is 0.214 e. The number of hydrogen-bond acceptors (Lipinski definition) is 2. The van der Waals surface area contributed by atoms with Gasteiger partial charge < -0.3 is 0 Å². The predicted molar refractivity (Wildman–Crippen MR) is 63.7 cm³/mol. The monoisotopic (exact) mass is 253 g/mol. The Morgan fingerprint density at radius 3 is 2.73 bits per heavy atom. The molecule has 1 rings (SSSR count).